The van der Waals surface area contributed by atoms with Crippen LogP contribution in [0, 0.1) is 5.92 Å². The molecule has 0 saturated carbocycles. The highest BCUT2D eigenvalue weighted by molar-refractivity contribution is 7.97. The van der Waals surface area contributed by atoms with Crippen molar-refractivity contribution in [3.05, 3.63) is 52.9 Å². The van der Waals surface area contributed by atoms with Crippen LogP contribution in [0.15, 0.2) is 36.7 Å². The molecule has 1 aliphatic heterocycles. The Hall–Kier alpha value is -2.45. The van der Waals surface area contributed by atoms with Crippen LogP contribution in [0.5, 0.6) is 5.88 Å². The molecule has 0 N–H and O–H groups in total. The SMILES string of the molecule is CC(C)C(=O)OC1=C(c2ccccc2Cl)S(=O)(=O)Oc2nccnc21. The van der Waals surface area contributed by atoms with Crippen molar-refractivity contribution < 1.29 is 22.1 Å². The quantitative estimate of drug-likeness (QED) is 0.596. The lowest BCUT2D eigenvalue weighted by Gasteiger charge is -2.22. The van der Waals surface area contributed by atoms with Gasteiger partial charge in [0.1, 0.15) is 0 Å². The smallest absolute Gasteiger partial charge is 0.345 e. The number of benzene rings is 1. The fourth-order valence-corrected chi connectivity index (χ4v) is 3.64. The van der Waals surface area contributed by atoms with E-state index < -0.39 is 22.0 Å². The van der Waals surface area contributed by atoms with Crippen molar-refractivity contribution in [3.63, 3.8) is 0 Å². The van der Waals surface area contributed by atoms with Crippen LogP contribution in [-0.2, 0) is 19.6 Å². The maximum Gasteiger partial charge on any atom is 0.345 e. The van der Waals surface area contributed by atoms with Crippen molar-refractivity contribution >= 4 is 38.4 Å². The molecule has 2 heterocycles. The third-order valence-corrected chi connectivity index (χ3v) is 4.93. The fraction of sp³-hybridized carbons (Fsp3) is 0.188. The molecule has 0 aliphatic carbocycles. The van der Waals surface area contributed by atoms with E-state index in [4.69, 9.17) is 20.5 Å². The van der Waals surface area contributed by atoms with Crippen LogP contribution >= 0.6 is 11.6 Å². The molecule has 0 bridgehead atoms. The topological polar surface area (TPSA) is 95.5 Å². The van der Waals surface area contributed by atoms with Gasteiger partial charge in [0, 0.05) is 23.0 Å². The molecule has 7 nitrogen and oxygen atoms in total. The number of esters is 1. The molecule has 130 valence electrons. The van der Waals surface area contributed by atoms with Gasteiger partial charge >= 0.3 is 16.1 Å². The average molecular weight is 381 g/mol. The number of carbonyl (C=O) groups excluding carboxylic acids is 1. The van der Waals surface area contributed by atoms with Crippen LogP contribution in [0.25, 0.3) is 10.7 Å². The maximum absolute atomic E-state index is 12.7. The molecule has 2 aromatic rings. The zero-order valence-corrected chi connectivity index (χ0v) is 14.8. The number of fused-ring (bicyclic) bond motifs is 1. The number of aromatic nitrogens is 2. The van der Waals surface area contributed by atoms with Gasteiger partial charge in [0.05, 0.1) is 5.92 Å². The van der Waals surface area contributed by atoms with Crippen LogP contribution in [-0.4, -0.2) is 24.4 Å². The minimum Gasteiger partial charge on any atom is -0.422 e. The van der Waals surface area contributed by atoms with E-state index >= 15 is 0 Å². The van der Waals surface area contributed by atoms with Gasteiger partial charge in [0.2, 0.25) is 0 Å². The Labute approximate surface area is 149 Å². The summed E-state index contributed by atoms with van der Waals surface area (Å²) in [4.78, 5) is 19.7. The summed E-state index contributed by atoms with van der Waals surface area (Å²) in [6.07, 6.45) is 2.62. The summed E-state index contributed by atoms with van der Waals surface area (Å²) in [6.45, 7) is 3.26. The van der Waals surface area contributed by atoms with Crippen molar-refractivity contribution in [2.75, 3.05) is 0 Å². The van der Waals surface area contributed by atoms with E-state index in [1.165, 1.54) is 24.5 Å². The first kappa shape index (κ1) is 17.4. The summed E-state index contributed by atoms with van der Waals surface area (Å²) in [5, 5.41) is 0.162. The lowest BCUT2D eigenvalue weighted by molar-refractivity contribution is -0.140. The number of carbonyl (C=O) groups is 1. The first-order valence-electron chi connectivity index (χ1n) is 7.28. The van der Waals surface area contributed by atoms with Crippen LogP contribution < -0.4 is 4.18 Å². The molecule has 1 aromatic heterocycles. The Morgan fingerprint density at radius 2 is 1.88 bits per heavy atom. The van der Waals surface area contributed by atoms with Crippen LogP contribution in [0.1, 0.15) is 25.1 Å². The van der Waals surface area contributed by atoms with Crippen LogP contribution in [0.4, 0.5) is 0 Å². The van der Waals surface area contributed by atoms with Crippen molar-refractivity contribution in [1.82, 2.24) is 9.97 Å². The summed E-state index contributed by atoms with van der Waals surface area (Å²) in [5.74, 6) is -1.61. The van der Waals surface area contributed by atoms with Gasteiger partial charge in [0.25, 0.3) is 5.88 Å². The van der Waals surface area contributed by atoms with Crippen LogP contribution in [0.3, 0.4) is 0 Å². The second-order valence-electron chi connectivity index (χ2n) is 5.46. The summed E-state index contributed by atoms with van der Waals surface area (Å²) < 4.78 is 35.7. The van der Waals surface area contributed by atoms with Gasteiger partial charge in [0.15, 0.2) is 16.4 Å². The molecule has 1 aromatic carbocycles. The Morgan fingerprint density at radius 3 is 2.56 bits per heavy atom. The molecule has 0 unspecified atom stereocenters. The van der Waals surface area contributed by atoms with E-state index in [9.17, 15) is 13.2 Å². The normalized spacial score (nSPS) is 15.5. The standard InChI is InChI=1S/C16H13ClN2O5S/c1-9(2)16(20)23-13-12-15(19-8-7-18-12)24-25(21,22)14(13)10-5-3-4-6-11(10)17/h3-9H,1-2H3. The Kier molecular flexibility index (Phi) is 4.49. The third-order valence-electron chi connectivity index (χ3n) is 3.32. The third kappa shape index (κ3) is 3.22. The van der Waals surface area contributed by atoms with Gasteiger partial charge in [-0.15, -0.1) is 0 Å². The largest absolute Gasteiger partial charge is 0.422 e. The van der Waals surface area contributed by atoms with E-state index in [1.54, 1.807) is 26.0 Å². The summed E-state index contributed by atoms with van der Waals surface area (Å²) in [5.41, 5.74) is 0.160. The maximum atomic E-state index is 12.7. The molecular formula is C16H13ClN2O5S. The van der Waals surface area contributed by atoms with Gasteiger partial charge in [-0.05, 0) is 6.07 Å². The van der Waals surface area contributed by atoms with E-state index in [0.29, 0.717) is 0 Å². The number of hydrogen-bond acceptors (Lipinski definition) is 7. The number of ether oxygens (including phenoxy) is 1. The Bertz CT molecular complexity index is 986. The van der Waals surface area contributed by atoms with Crippen LogP contribution in [0.2, 0.25) is 5.02 Å². The molecule has 0 radical (unpaired) electrons. The van der Waals surface area contributed by atoms with Gasteiger partial charge in [-0.3, -0.25) is 4.79 Å². The van der Waals surface area contributed by atoms with Gasteiger partial charge in [-0.25, -0.2) is 9.97 Å². The molecule has 0 amide bonds. The predicted octanol–water partition coefficient (Wildman–Crippen LogP) is 2.88. The lowest BCUT2D eigenvalue weighted by atomic mass is 10.1. The number of halogens is 1. The first-order valence-corrected chi connectivity index (χ1v) is 9.06. The second-order valence-corrected chi connectivity index (χ2v) is 7.35. The molecule has 0 spiro atoms. The Morgan fingerprint density at radius 1 is 1.20 bits per heavy atom. The molecule has 25 heavy (non-hydrogen) atoms. The van der Waals surface area contributed by atoms with E-state index in [-0.39, 0.29) is 32.8 Å². The number of nitrogens with zero attached hydrogens (tertiary/aromatic N) is 2. The highest BCUT2D eigenvalue weighted by atomic mass is 35.5. The first-order chi connectivity index (χ1) is 11.8. The molecule has 3 rings (SSSR count). The van der Waals surface area contributed by atoms with Crippen molar-refractivity contribution in [1.29, 1.82) is 0 Å². The molecule has 0 fully saturated rings. The van der Waals surface area contributed by atoms with E-state index in [2.05, 4.69) is 9.97 Å². The molecule has 1 aliphatic rings. The summed E-state index contributed by atoms with van der Waals surface area (Å²) >= 11 is 6.15. The van der Waals surface area contributed by atoms with Gasteiger partial charge in [-0.1, -0.05) is 43.6 Å². The lowest BCUT2D eigenvalue weighted by Crippen LogP contribution is -2.23. The minimum atomic E-state index is -4.32. The zero-order chi connectivity index (χ0) is 18.2. The predicted molar refractivity (Wildman–Crippen MR) is 90.8 cm³/mol. The monoisotopic (exact) mass is 380 g/mol. The fourth-order valence-electron chi connectivity index (χ4n) is 2.12. The van der Waals surface area contributed by atoms with Crippen molar-refractivity contribution in [3.8, 4) is 5.88 Å². The second kappa shape index (κ2) is 6.45. The molecule has 9 heteroatoms. The van der Waals surface area contributed by atoms with E-state index in [0.717, 1.165) is 0 Å². The summed E-state index contributed by atoms with van der Waals surface area (Å²) in [7, 11) is -4.32. The number of hydrogen-bond donors (Lipinski definition) is 0. The van der Waals surface area contributed by atoms with Crippen molar-refractivity contribution in [2.45, 2.75) is 13.8 Å². The Balaban J connectivity index is 2.34. The average Bonchev–Trinajstić information content (AvgIpc) is 2.55. The zero-order valence-electron chi connectivity index (χ0n) is 13.3. The summed E-state index contributed by atoms with van der Waals surface area (Å²) in [6, 6.07) is 6.27. The minimum absolute atomic E-state index is 0.0150. The van der Waals surface area contributed by atoms with E-state index in [1.807, 2.05) is 0 Å². The number of rotatable bonds is 3. The highest BCUT2D eigenvalue weighted by Gasteiger charge is 2.39. The highest BCUT2D eigenvalue weighted by Crippen LogP contribution is 2.42. The van der Waals surface area contributed by atoms with Gasteiger partial charge < -0.3 is 8.92 Å². The molecular weight excluding hydrogens is 368 g/mol. The molecule has 0 atom stereocenters. The van der Waals surface area contributed by atoms with Gasteiger partial charge in [-0.2, -0.15) is 8.42 Å². The molecule has 0 saturated heterocycles. The van der Waals surface area contributed by atoms with Crippen molar-refractivity contribution in [2.24, 2.45) is 5.92 Å².